The van der Waals surface area contributed by atoms with Crippen LogP contribution in [0.1, 0.15) is 106 Å². The molecule has 14 nitrogen and oxygen atoms in total. The van der Waals surface area contributed by atoms with Gasteiger partial charge < -0.3 is 29.2 Å². The molecule has 20 heteroatoms. The molecule has 4 aliphatic heterocycles. The molecule has 5 aromatic rings. The molecular formula is C54H62F5N11O3S. The molecule has 6 heterocycles. The molecule has 3 aromatic carbocycles. The quantitative estimate of drug-likeness (QED) is 0.0675. The van der Waals surface area contributed by atoms with Crippen LogP contribution in [0.2, 0.25) is 0 Å². The summed E-state index contributed by atoms with van der Waals surface area (Å²) >= 11 is 5.78. The minimum absolute atomic E-state index is 0.000639. The average molecular weight is 1040 g/mol. The highest BCUT2D eigenvalue weighted by Crippen LogP contribution is 2.44. The lowest BCUT2D eigenvalue weighted by Gasteiger charge is -2.40. The van der Waals surface area contributed by atoms with Gasteiger partial charge in [-0.15, -0.1) is 0 Å². The fourth-order valence-electron chi connectivity index (χ4n) is 11.0. The number of likely N-dealkylation sites (tertiary alicyclic amines) is 1. The molecule has 0 N–H and O–H groups in total. The second-order valence-corrected chi connectivity index (χ2v) is 21.0. The number of alkyl halides is 5. The zero-order valence-electron chi connectivity index (χ0n) is 42.4. The summed E-state index contributed by atoms with van der Waals surface area (Å²) in [6.45, 7) is 13.7. The Morgan fingerprint density at radius 2 is 1.68 bits per heavy atom. The van der Waals surface area contributed by atoms with Crippen molar-refractivity contribution in [1.29, 1.82) is 5.26 Å². The molecule has 74 heavy (non-hydrogen) atoms. The van der Waals surface area contributed by atoms with Gasteiger partial charge >= 0.3 is 6.18 Å². The zero-order chi connectivity index (χ0) is 52.6. The molecule has 4 aliphatic rings. The van der Waals surface area contributed by atoms with Crippen LogP contribution in [0.3, 0.4) is 0 Å². The number of rotatable bonds is 12. The van der Waals surface area contributed by atoms with Crippen LogP contribution in [0.15, 0.2) is 67.0 Å². The van der Waals surface area contributed by atoms with E-state index in [4.69, 9.17) is 22.1 Å². The largest absolute Gasteiger partial charge is 0.417 e. The van der Waals surface area contributed by atoms with E-state index in [1.807, 2.05) is 56.0 Å². The van der Waals surface area contributed by atoms with E-state index in [-0.39, 0.29) is 34.4 Å². The van der Waals surface area contributed by atoms with Gasteiger partial charge in [-0.25, -0.2) is 8.78 Å². The number of aromatic nitrogens is 4. The fraction of sp³-hybridized carbons (Fsp3) is 0.481. The molecule has 392 valence electrons. The predicted molar refractivity (Wildman–Crippen MR) is 278 cm³/mol. The number of halogens is 5. The first-order chi connectivity index (χ1) is 35.3. The Balaban J connectivity index is 0.798. The number of piperidine rings is 2. The number of anilines is 5. The van der Waals surface area contributed by atoms with Gasteiger partial charge in [0.25, 0.3) is 6.43 Å². The third-order valence-electron chi connectivity index (χ3n) is 14.8. The van der Waals surface area contributed by atoms with E-state index in [1.54, 1.807) is 48.1 Å². The monoisotopic (exact) mass is 1040 g/mol. The number of hydrogen-bond donors (Lipinski definition) is 0. The van der Waals surface area contributed by atoms with Crippen LogP contribution in [0.25, 0.3) is 11.1 Å². The number of ether oxygens (including phenoxy) is 1. The number of carbonyl (C=O) groups excluding carboxylic acids is 2. The summed E-state index contributed by atoms with van der Waals surface area (Å²) in [5, 5.41) is 18.8. The molecule has 2 aromatic heterocycles. The van der Waals surface area contributed by atoms with Crippen molar-refractivity contribution in [3.63, 3.8) is 0 Å². The van der Waals surface area contributed by atoms with Crippen LogP contribution in [0.4, 0.5) is 50.5 Å². The molecule has 2 fully saturated rings. The van der Waals surface area contributed by atoms with Gasteiger partial charge in [0.2, 0.25) is 12.3 Å². The van der Waals surface area contributed by atoms with Gasteiger partial charge in [0.15, 0.2) is 10.9 Å². The lowest BCUT2D eigenvalue weighted by Crippen LogP contribution is -2.52. The fourth-order valence-corrected chi connectivity index (χ4v) is 11.6. The Morgan fingerprint density at radius 3 is 2.30 bits per heavy atom. The normalized spacial score (nSPS) is 17.0. The van der Waals surface area contributed by atoms with Crippen molar-refractivity contribution in [1.82, 2.24) is 29.4 Å². The number of hydrogen-bond acceptors (Lipinski definition) is 10. The maximum Gasteiger partial charge on any atom is 0.417 e. The van der Waals surface area contributed by atoms with Crippen LogP contribution in [0, 0.1) is 11.3 Å². The van der Waals surface area contributed by atoms with E-state index in [9.17, 15) is 36.8 Å². The van der Waals surface area contributed by atoms with Crippen LogP contribution in [-0.4, -0.2) is 111 Å². The molecule has 2 saturated heterocycles. The first-order valence-corrected chi connectivity index (χ1v) is 25.7. The lowest BCUT2D eigenvalue weighted by molar-refractivity contribution is -0.137. The minimum atomic E-state index is -4.80. The van der Waals surface area contributed by atoms with Crippen molar-refractivity contribution >= 4 is 58.2 Å². The number of nitrogens with zero attached hydrogens (tertiary/aromatic N) is 11. The zero-order valence-corrected chi connectivity index (χ0v) is 43.2. The number of aryl methyl sites for hydroxylation is 2. The Bertz CT molecular complexity index is 2910. The second-order valence-electron chi connectivity index (χ2n) is 20.7. The van der Waals surface area contributed by atoms with Crippen molar-refractivity contribution in [2.75, 3.05) is 72.0 Å². The third kappa shape index (κ3) is 10.9. The van der Waals surface area contributed by atoms with E-state index >= 15 is 0 Å². The van der Waals surface area contributed by atoms with Crippen molar-refractivity contribution in [3.05, 3.63) is 101 Å². The summed E-state index contributed by atoms with van der Waals surface area (Å²) in [6, 6.07) is 16.1. The van der Waals surface area contributed by atoms with Crippen molar-refractivity contribution in [3.8, 4) is 17.2 Å². The van der Waals surface area contributed by atoms with Crippen molar-refractivity contribution in [2.45, 2.75) is 109 Å². The third-order valence-corrected chi connectivity index (χ3v) is 15.2. The van der Waals surface area contributed by atoms with Crippen molar-refractivity contribution < 1.29 is 36.3 Å². The summed E-state index contributed by atoms with van der Waals surface area (Å²) in [4.78, 5) is 36.5. The maximum absolute atomic E-state index is 14.8. The van der Waals surface area contributed by atoms with E-state index in [2.05, 4.69) is 24.5 Å². The van der Waals surface area contributed by atoms with Crippen LogP contribution >= 0.6 is 12.2 Å². The van der Waals surface area contributed by atoms with Gasteiger partial charge in [-0.05, 0) is 137 Å². The number of nitriles is 1. The van der Waals surface area contributed by atoms with Crippen LogP contribution in [-0.2, 0) is 46.9 Å². The van der Waals surface area contributed by atoms with Gasteiger partial charge in [0.05, 0.1) is 54.4 Å². The van der Waals surface area contributed by atoms with Gasteiger partial charge in [0, 0.05) is 117 Å². The van der Waals surface area contributed by atoms with Gasteiger partial charge in [-0.1, -0.05) is 0 Å². The van der Waals surface area contributed by atoms with E-state index in [1.165, 1.54) is 6.07 Å². The van der Waals surface area contributed by atoms with Crippen LogP contribution < -0.4 is 19.6 Å². The van der Waals surface area contributed by atoms with Crippen LogP contribution in [0.5, 0.6) is 0 Å². The van der Waals surface area contributed by atoms with E-state index in [0.29, 0.717) is 55.9 Å². The molecule has 0 saturated carbocycles. The second kappa shape index (κ2) is 21.4. The highest BCUT2D eigenvalue weighted by atomic mass is 32.1. The Labute approximate surface area is 433 Å². The number of fused-ring (bicyclic) bond motifs is 2. The number of carbonyl (C=O) groups is 2. The van der Waals surface area contributed by atoms with Gasteiger partial charge in [0.1, 0.15) is 0 Å². The summed E-state index contributed by atoms with van der Waals surface area (Å²) in [7, 11) is 1.78. The van der Waals surface area contributed by atoms with Gasteiger partial charge in [-0.2, -0.15) is 28.6 Å². The molecule has 0 atom stereocenters. The molecule has 0 spiro atoms. The molecule has 0 radical (unpaired) electrons. The first kappa shape index (κ1) is 52.4. The maximum atomic E-state index is 14.8. The molecule has 9 rings (SSSR count). The molecule has 0 aliphatic carbocycles. The smallest absolute Gasteiger partial charge is 0.377 e. The first-order valence-electron chi connectivity index (χ1n) is 25.3. The molecule has 0 bridgehead atoms. The summed E-state index contributed by atoms with van der Waals surface area (Å²) < 4.78 is 81.3. The Hall–Kier alpha value is -6.43. The highest BCUT2D eigenvalue weighted by Gasteiger charge is 2.38. The van der Waals surface area contributed by atoms with E-state index < -0.39 is 29.3 Å². The summed E-state index contributed by atoms with van der Waals surface area (Å²) in [5.74, 6) is 0.758. The predicted octanol–water partition coefficient (Wildman–Crippen LogP) is 9.98. The number of amides is 2. The topological polar surface area (TPSA) is 122 Å². The standard InChI is InChI=1S/C54H62F5N11O3S/c1-35(72)66-24-18-48-46(33-66)51(67-19-6-7-36-27-44(38-31-61-63(5)32-38)45(50(55)56)29-49(36)67)62-70(48)41-14-20-64(21-15-41)25-26-73-43-16-22-65(23-17-43)39-10-12-40(13-11-39)69(53(2,3)4)52(74)68(34-71)42-9-8-37(30-60)47(28-42)54(57,58)59/h8-13,27-29,31-32,34,41,43,50H,6-7,14-26,33H2,1-5H3. The molecular weight excluding hydrogens is 978 g/mol. The minimum Gasteiger partial charge on any atom is -0.377 e. The lowest BCUT2D eigenvalue weighted by atomic mass is 9.92. The van der Waals surface area contributed by atoms with Crippen molar-refractivity contribution in [2.24, 2.45) is 7.05 Å². The molecule has 2 amide bonds. The Kier molecular flexibility index (Phi) is 15.2. The number of thiocarbonyl (C=S) groups is 1. The number of benzene rings is 3. The average Bonchev–Trinajstić information content (AvgIpc) is 3.99. The summed E-state index contributed by atoms with van der Waals surface area (Å²) in [6.07, 6.45) is 2.19. The van der Waals surface area contributed by atoms with E-state index in [0.717, 1.165) is 122 Å². The highest BCUT2D eigenvalue weighted by molar-refractivity contribution is 7.81. The summed E-state index contributed by atoms with van der Waals surface area (Å²) in [5.41, 5.74) is 4.18. The Morgan fingerprint density at radius 1 is 0.959 bits per heavy atom. The SMILES string of the molecule is CC(=O)N1CCc2c(c(N3CCCc4cc(-c5cnn(C)c5)c(C(F)F)cc43)nn2C2CCN(CCOC3CCN(c4ccc(N(C(=S)N(C=O)c5ccc(C#N)c(C(F)(F)F)c5)C(C)(C)C)cc4)CC3)CC2)C1. The van der Waals surface area contributed by atoms with Gasteiger partial charge in [-0.3, -0.25) is 23.9 Å². The molecule has 0 unspecified atom stereocenters.